The molecule has 19 heavy (non-hydrogen) atoms. The van der Waals surface area contributed by atoms with Crippen LogP contribution in [0.4, 0.5) is 0 Å². The van der Waals surface area contributed by atoms with Gasteiger partial charge in [-0.2, -0.15) is 0 Å². The van der Waals surface area contributed by atoms with Gasteiger partial charge in [0.1, 0.15) is 5.75 Å². The standard InChI is InChI=1S/C16H24BrNO/c1-5-16(3,4)15(18-6-2)13-10-12(17)9-11-7-8-19-14(11)13/h9-10,15,18H,5-8H2,1-4H3. The summed E-state index contributed by atoms with van der Waals surface area (Å²) in [6, 6.07) is 4.73. The molecule has 1 aliphatic rings. The molecule has 2 nitrogen and oxygen atoms in total. The highest BCUT2D eigenvalue weighted by atomic mass is 79.9. The Labute approximate surface area is 125 Å². The fourth-order valence-corrected chi connectivity index (χ4v) is 3.25. The van der Waals surface area contributed by atoms with Gasteiger partial charge in [-0.05, 0) is 36.1 Å². The van der Waals surface area contributed by atoms with Crippen molar-refractivity contribution in [2.24, 2.45) is 5.41 Å². The summed E-state index contributed by atoms with van der Waals surface area (Å²) in [7, 11) is 0. The summed E-state index contributed by atoms with van der Waals surface area (Å²) in [5.74, 6) is 1.11. The number of hydrogen-bond acceptors (Lipinski definition) is 2. The maximum Gasteiger partial charge on any atom is 0.127 e. The molecule has 1 aromatic carbocycles. The van der Waals surface area contributed by atoms with E-state index in [2.05, 4.69) is 61.1 Å². The molecular weight excluding hydrogens is 302 g/mol. The second-order valence-electron chi connectivity index (χ2n) is 5.91. The fourth-order valence-electron chi connectivity index (χ4n) is 2.73. The molecule has 1 N–H and O–H groups in total. The van der Waals surface area contributed by atoms with Gasteiger partial charge >= 0.3 is 0 Å². The molecule has 0 saturated heterocycles. The largest absolute Gasteiger partial charge is 0.493 e. The quantitative estimate of drug-likeness (QED) is 0.862. The Balaban J connectivity index is 2.48. The van der Waals surface area contributed by atoms with Crippen LogP contribution in [0.3, 0.4) is 0 Å². The summed E-state index contributed by atoms with van der Waals surface area (Å²) in [6.45, 7) is 10.8. The average molecular weight is 326 g/mol. The van der Waals surface area contributed by atoms with E-state index >= 15 is 0 Å². The Morgan fingerprint density at radius 1 is 1.37 bits per heavy atom. The zero-order valence-electron chi connectivity index (χ0n) is 12.3. The first-order chi connectivity index (χ1) is 8.99. The lowest BCUT2D eigenvalue weighted by molar-refractivity contribution is 0.230. The summed E-state index contributed by atoms with van der Waals surface area (Å²) in [5, 5.41) is 3.65. The lowest BCUT2D eigenvalue weighted by Gasteiger charge is -2.35. The van der Waals surface area contributed by atoms with E-state index in [9.17, 15) is 0 Å². The molecule has 3 heteroatoms. The Hall–Kier alpha value is -0.540. The summed E-state index contributed by atoms with van der Waals surface area (Å²) in [4.78, 5) is 0. The number of ether oxygens (including phenoxy) is 1. The van der Waals surface area contributed by atoms with Crippen LogP contribution >= 0.6 is 15.9 Å². The van der Waals surface area contributed by atoms with Crippen molar-refractivity contribution in [1.29, 1.82) is 0 Å². The third-order valence-electron chi connectivity index (χ3n) is 4.19. The van der Waals surface area contributed by atoms with Gasteiger partial charge in [0.05, 0.1) is 6.61 Å². The van der Waals surface area contributed by atoms with Crippen LogP contribution in [0, 0.1) is 5.41 Å². The third kappa shape index (κ3) is 2.97. The maximum atomic E-state index is 5.89. The molecule has 0 aliphatic carbocycles. The van der Waals surface area contributed by atoms with Crippen LogP contribution in [0.1, 0.15) is 51.3 Å². The maximum absolute atomic E-state index is 5.89. The molecule has 1 aromatic rings. The molecule has 2 rings (SSSR count). The van der Waals surface area contributed by atoms with E-state index < -0.39 is 0 Å². The number of fused-ring (bicyclic) bond motifs is 1. The fraction of sp³-hybridized carbons (Fsp3) is 0.625. The summed E-state index contributed by atoms with van der Waals surface area (Å²) in [5.41, 5.74) is 2.84. The van der Waals surface area contributed by atoms with Crippen LogP contribution < -0.4 is 10.1 Å². The van der Waals surface area contributed by atoms with Crippen molar-refractivity contribution in [1.82, 2.24) is 5.32 Å². The molecule has 0 radical (unpaired) electrons. The van der Waals surface area contributed by atoms with Crippen molar-refractivity contribution >= 4 is 15.9 Å². The van der Waals surface area contributed by atoms with Crippen LogP contribution in [0.15, 0.2) is 16.6 Å². The van der Waals surface area contributed by atoms with Crippen molar-refractivity contribution in [3.8, 4) is 5.75 Å². The van der Waals surface area contributed by atoms with Crippen molar-refractivity contribution in [3.63, 3.8) is 0 Å². The highest BCUT2D eigenvalue weighted by Gasteiger charge is 2.32. The monoisotopic (exact) mass is 325 g/mol. The molecule has 0 aromatic heterocycles. The highest BCUT2D eigenvalue weighted by molar-refractivity contribution is 9.10. The van der Waals surface area contributed by atoms with Crippen LogP contribution in [0.2, 0.25) is 0 Å². The van der Waals surface area contributed by atoms with Gasteiger partial charge in [0, 0.05) is 22.5 Å². The number of rotatable bonds is 5. The third-order valence-corrected chi connectivity index (χ3v) is 4.65. The number of hydrogen-bond donors (Lipinski definition) is 1. The second-order valence-corrected chi connectivity index (χ2v) is 6.83. The molecule has 1 unspecified atom stereocenters. The van der Waals surface area contributed by atoms with Gasteiger partial charge in [-0.1, -0.05) is 43.6 Å². The summed E-state index contributed by atoms with van der Waals surface area (Å²) in [6.07, 6.45) is 2.15. The smallest absolute Gasteiger partial charge is 0.127 e. The molecule has 0 fully saturated rings. The SMILES string of the molecule is CCNC(c1cc(Br)cc2c1OCC2)C(C)(C)CC. The van der Waals surface area contributed by atoms with E-state index in [-0.39, 0.29) is 5.41 Å². The van der Waals surface area contributed by atoms with E-state index in [1.807, 2.05) is 0 Å². The van der Waals surface area contributed by atoms with Gasteiger partial charge in [-0.15, -0.1) is 0 Å². The molecule has 0 spiro atoms. The lowest BCUT2D eigenvalue weighted by Crippen LogP contribution is -2.34. The minimum atomic E-state index is 0.205. The van der Waals surface area contributed by atoms with Crippen LogP contribution in [0.25, 0.3) is 0 Å². The number of halogens is 1. The zero-order chi connectivity index (χ0) is 14.0. The van der Waals surface area contributed by atoms with E-state index in [1.165, 1.54) is 11.1 Å². The van der Waals surface area contributed by atoms with Gasteiger partial charge in [0.25, 0.3) is 0 Å². The Kier molecular flexibility index (Phi) is 4.57. The molecule has 106 valence electrons. The molecule has 0 saturated carbocycles. The molecule has 0 amide bonds. The van der Waals surface area contributed by atoms with Gasteiger partial charge in [-0.25, -0.2) is 0 Å². The van der Waals surface area contributed by atoms with E-state index in [0.717, 1.165) is 36.2 Å². The molecule has 1 atom stereocenters. The minimum Gasteiger partial charge on any atom is -0.493 e. The number of benzene rings is 1. The lowest BCUT2D eigenvalue weighted by atomic mass is 9.77. The van der Waals surface area contributed by atoms with Gasteiger partial charge in [-0.3, -0.25) is 0 Å². The topological polar surface area (TPSA) is 21.3 Å². The highest BCUT2D eigenvalue weighted by Crippen LogP contribution is 2.44. The predicted octanol–water partition coefficient (Wildman–Crippen LogP) is 4.47. The van der Waals surface area contributed by atoms with Crippen molar-refractivity contribution in [2.75, 3.05) is 13.2 Å². The Bertz CT molecular complexity index is 456. The summed E-state index contributed by atoms with van der Waals surface area (Å²) >= 11 is 3.64. The van der Waals surface area contributed by atoms with Crippen molar-refractivity contribution < 1.29 is 4.74 Å². The Morgan fingerprint density at radius 2 is 2.11 bits per heavy atom. The van der Waals surface area contributed by atoms with Crippen LogP contribution in [-0.4, -0.2) is 13.2 Å². The Morgan fingerprint density at radius 3 is 2.74 bits per heavy atom. The first-order valence-electron chi connectivity index (χ1n) is 7.18. The number of nitrogens with one attached hydrogen (secondary N) is 1. The second kappa shape index (κ2) is 5.84. The molecule has 0 bridgehead atoms. The van der Waals surface area contributed by atoms with Crippen molar-refractivity contribution in [2.45, 2.75) is 46.6 Å². The van der Waals surface area contributed by atoms with Crippen LogP contribution in [-0.2, 0) is 6.42 Å². The van der Waals surface area contributed by atoms with E-state index in [0.29, 0.717) is 6.04 Å². The van der Waals surface area contributed by atoms with E-state index in [4.69, 9.17) is 4.74 Å². The first-order valence-corrected chi connectivity index (χ1v) is 7.97. The average Bonchev–Trinajstić information content (AvgIpc) is 2.82. The minimum absolute atomic E-state index is 0.205. The molecule has 1 aliphatic heterocycles. The molecular formula is C16H24BrNO. The normalized spacial score (nSPS) is 16.1. The summed E-state index contributed by atoms with van der Waals surface area (Å²) < 4.78 is 7.04. The van der Waals surface area contributed by atoms with Gasteiger partial charge in [0.2, 0.25) is 0 Å². The van der Waals surface area contributed by atoms with Crippen molar-refractivity contribution in [3.05, 3.63) is 27.7 Å². The molecule has 1 heterocycles. The van der Waals surface area contributed by atoms with E-state index in [1.54, 1.807) is 0 Å². The van der Waals surface area contributed by atoms with Crippen LogP contribution in [0.5, 0.6) is 5.75 Å². The van der Waals surface area contributed by atoms with Gasteiger partial charge in [0.15, 0.2) is 0 Å². The first kappa shape index (κ1) is 14.9. The predicted molar refractivity (Wildman–Crippen MR) is 83.8 cm³/mol. The van der Waals surface area contributed by atoms with Gasteiger partial charge < -0.3 is 10.1 Å². The zero-order valence-corrected chi connectivity index (χ0v) is 13.9.